The lowest BCUT2D eigenvalue weighted by Gasteiger charge is -2.13. The van der Waals surface area contributed by atoms with Gasteiger partial charge in [-0.25, -0.2) is 9.67 Å². The second kappa shape index (κ2) is 9.21. The first-order chi connectivity index (χ1) is 15.2. The van der Waals surface area contributed by atoms with Gasteiger partial charge in [0.1, 0.15) is 18.1 Å². The van der Waals surface area contributed by atoms with E-state index in [0.29, 0.717) is 41.1 Å². The molecular weight excluding hydrogens is 394 g/mol. The van der Waals surface area contributed by atoms with Crippen molar-refractivity contribution < 1.29 is 18.9 Å². The maximum absolute atomic E-state index is 6.11. The van der Waals surface area contributed by atoms with Gasteiger partial charge in [-0.2, -0.15) is 5.10 Å². The maximum Gasteiger partial charge on any atom is 0.206 e. The summed E-state index contributed by atoms with van der Waals surface area (Å²) < 4.78 is 24.0. The molecule has 0 aliphatic rings. The second-order valence-corrected chi connectivity index (χ2v) is 6.65. The predicted octanol–water partition coefficient (Wildman–Crippen LogP) is 4.54. The molecule has 0 bridgehead atoms. The van der Waals surface area contributed by atoms with Crippen LogP contribution in [0.4, 0.5) is 0 Å². The topological polar surface area (TPSA) is 67.6 Å². The Morgan fingerprint density at radius 1 is 0.839 bits per heavy atom. The Morgan fingerprint density at radius 2 is 1.68 bits per heavy atom. The molecule has 0 saturated carbocycles. The summed E-state index contributed by atoms with van der Waals surface area (Å²) in [4.78, 5) is 4.41. The molecule has 0 aliphatic carbocycles. The monoisotopic (exact) mass is 417 g/mol. The van der Waals surface area contributed by atoms with E-state index in [1.807, 2.05) is 60.8 Å². The number of methoxy groups -OCH3 is 3. The zero-order chi connectivity index (χ0) is 21.6. The number of pyridine rings is 1. The Kier molecular flexibility index (Phi) is 6.03. The minimum Gasteiger partial charge on any atom is -0.497 e. The zero-order valence-electron chi connectivity index (χ0n) is 17.6. The Bertz CT molecular complexity index is 1160. The van der Waals surface area contributed by atoms with Gasteiger partial charge in [0.05, 0.1) is 27.0 Å². The molecule has 0 N–H and O–H groups in total. The van der Waals surface area contributed by atoms with Gasteiger partial charge in [0.15, 0.2) is 11.6 Å². The summed E-state index contributed by atoms with van der Waals surface area (Å²) in [6, 6.07) is 19.3. The van der Waals surface area contributed by atoms with Crippen LogP contribution in [0, 0.1) is 0 Å². The van der Waals surface area contributed by atoms with Crippen molar-refractivity contribution in [2.24, 2.45) is 0 Å². The van der Waals surface area contributed by atoms with E-state index in [1.54, 1.807) is 38.3 Å². The molecule has 31 heavy (non-hydrogen) atoms. The van der Waals surface area contributed by atoms with Crippen molar-refractivity contribution >= 4 is 0 Å². The Balaban J connectivity index is 1.69. The minimum atomic E-state index is 0.451. The van der Waals surface area contributed by atoms with Crippen LogP contribution in [0.5, 0.6) is 23.0 Å². The molecule has 0 amide bonds. The quantitative estimate of drug-likeness (QED) is 0.419. The third-order valence-electron chi connectivity index (χ3n) is 4.78. The van der Waals surface area contributed by atoms with Crippen LogP contribution in [-0.4, -0.2) is 36.1 Å². The average Bonchev–Trinajstić information content (AvgIpc) is 3.32. The van der Waals surface area contributed by atoms with Gasteiger partial charge in [0.25, 0.3) is 0 Å². The van der Waals surface area contributed by atoms with E-state index in [4.69, 9.17) is 24.0 Å². The number of rotatable bonds is 8. The van der Waals surface area contributed by atoms with Crippen molar-refractivity contribution in [1.82, 2.24) is 14.8 Å². The summed E-state index contributed by atoms with van der Waals surface area (Å²) >= 11 is 0. The fraction of sp³-hybridized carbons (Fsp3) is 0.167. The summed E-state index contributed by atoms with van der Waals surface area (Å²) in [7, 11) is 4.79. The molecule has 0 spiro atoms. The van der Waals surface area contributed by atoms with Crippen LogP contribution in [0.3, 0.4) is 0 Å². The van der Waals surface area contributed by atoms with Gasteiger partial charge in [0, 0.05) is 24.0 Å². The van der Waals surface area contributed by atoms with Gasteiger partial charge in [-0.15, -0.1) is 0 Å². The smallest absolute Gasteiger partial charge is 0.206 e. The van der Waals surface area contributed by atoms with Crippen molar-refractivity contribution in [1.29, 1.82) is 0 Å². The average molecular weight is 417 g/mol. The zero-order valence-corrected chi connectivity index (χ0v) is 17.6. The van der Waals surface area contributed by atoms with E-state index in [0.717, 1.165) is 11.1 Å². The molecule has 4 rings (SSSR count). The molecule has 158 valence electrons. The summed E-state index contributed by atoms with van der Waals surface area (Å²) in [5.74, 6) is 3.04. The first-order valence-corrected chi connectivity index (χ1v) is 9.71. The molecule has 2 aromatic carbocycles. The lowest BCUT2D eigenvalue weighted by Crippen LogP contribution is -2.03. The normalized spacial score (nSPS) is 10.5. The highest BCUT2D eigenvalue weighted by atomic mass is 16.5. The number of nitrogens with zero attached hydrogens (tertiary/aromatic N) is 3. The summed E-state index contributed by atoms with van der Waals surface area (Å²) in [6.45, 7) is 0.451. The maximum atomic E-state index is 6.11. The van der Waals surface area contributed by atoms with Gasteiger partial charge < -0.3 is 18.9 Å². The molecule has 4 aromatic rings. The molecule has 0 saturated heterocycles. The van der Waals surface area contributed by atoms with Crippen LogP contribution in [0.15, 0.2) is 73.1 Å². The molecular formula is C24H23N3O4. The molecule has 0 fully saturated rings. The predicted molar refractivity (Wildman–Crippen MR) is 117 cm³/mol. The number of hydrogen-bond acceptors (Lipinski definition) is 6. The highest BCUT2D eigenvalue weighted by Gasteiger charge is 2.17. The minimum absolute atomic E-state index is 0.451. The lowest BCUT2D eigenvalue weighted by atomic mass is 10.1. The highest BCUT2D eigenvalue weighted by Crippen LogP contribution is 2.35. The molecule has 0 radical (unpaired) electrons. The van der Waals surface area contributed by atoms with E-state index in [2.05, 4.69) is 4.98 Å². The van der Waals surface area contributed by atoms with Gasteiger partial charge in [-0.3, -0.25) is 0 Å². The standard InChI is InChI=1S/C24H23N3O4/c1-28-18-9-10-21(31-16-17-7-5-4-6-8-17)19(15-18)20-12-14-27(26-20)24-23(30-3)22(29-2)11-13-25-24/h4-15H,16H2,1-3H3. The van der Waals surface area contributed by atoms with E-state index in [1.165, 1.54) is 0 Å². The third-order valence-corrected chi connectivity index (χ3v) is 4.78. The largest absolute Gasteiger partial charge is 0.497 e. The van der Waals surface area contributed by atoms with Gasteiger partial charge in [-0.1, -0.05) is 30.3 Å². The van der Waals surface area contributed by atoms with Gasteiger partial charge >= 0.3 is 0 Å². The fourth-order valence-corrected chi connectivity index (χ4v) is 3.22. The summed E-state index contributed by atoms with van der Waals surface area (Å²) in [5, 5.41) is 4.71. The van der Waals surface area contributed by atoms with E-state index in [-0.39, 0.29) is 0 Å². The Morgan fingerprint density at radius 3 is 2.42 bits per heavy atom. The number of ether oxygens (including phenoxy) is 4. The number of benzene rings is 2. The van der Waals surface area contributed by atoms with E-state index >= 15 is 0 Å². The molecule has 0 atom stereocenters. The summed E-state index contributed by atoms with van der Waals surface area (Å²) in [6.07, 6.45) is 3.47. The SMILES string of the molecule is COc1ccc(OCc2ccccc2)c(-c2ccn(-c3nccc(OC)c3OC)n2)c1. The molecule has 2 heterocycles. The van der Waals surface area contributed by atoms with Crippen molar-refractivity contribution in [3.63, 3.8) is 0 Å². The number of aromatic nitrogens is 3. The molecule has 7 nitrogen and oxygen atoms in total. The highest BCUT2D eigenvalue weighted by molar-refractivity contribution is 5.69. The van der Waals surface area contributed by atoms with E-state index in [9.17, 15) is 0 Å². The van der Waals surface area contributed by atoms with Crippen LogP contribution in [-0.2, 0) is 6.61 Å². The second-order valence-electron chi connectivity index (χ2n) is 6.65. The summed E-state index contributed by atoms with van der Waals surface area (Å²) in [5.41, 5.74) is 2.62. The Hall–Kier alpha value is -4.00. The van der Waals surface area contributed by atoms with Crippen LogP contribution in [0.1, 0.15) is 5.56 Å². The van der Waals surface area contributed by atoms with Gasteiger partial charge in [-0.05, 0) is 29.8 Å². The first kappa shape index (κ1) is 20.3. The molecule has 7 heteroatoms. The molecule has 0 aliphatic heterocycles. The third kappa shape index (κ3) is 4.30. The van der Waals surface area contributed by atoms with Crippen LogP contribution in [0.2, 0.25) is 0 Å². The van der Waals surface area contributed by atoms with Crippen molar-refractivity contribution in [3.05, 3.63) is 78.6 Å². The lowest BCUT2D eigenvalue weighted by molar-refractivity contribution is 0.306. The Labute approximate surface area is 180 Å². The number of hydrogen-bond donors (Lipinski definition) is 0. The fourth-order valence-electron chi connectivity index (χ4n) is 3.22. The van der Waals surface area contributed by atoms with E-state index < -0.39 is 0 Å². The first-order valence-electron chi connectivity index (χ1n) is 9.71. The van der Waals surface area contributed by atoms with Crippen molar-refractivity contribution in [3.8, 4) is 40.1 Å². The van der Waals surface area contributed by atoms with Crippen molar-refractivity contribution in [2.75, 3.05) is 21.3 Å². The molecule has 0 unspecified atom stereocenters. The molecule has 2 aromatic heterocycles. The van der Waals surface area contributed by atoms with Gasteiger partial charge in [0.2, 0.25) is 5.75 Å². The van der Waals surface area contributed by atoms with Crippen LogP contribution < -0.4 is 18.9 Å². The van der Waals surface area contributed by atoms with Crippen LogP contribution >= 0.6 is 0 Å². The van der Waals surface area contributed by atoms with Crippen molar-refractivity contribution in [2.45, 2.75) is 6.61 Å². The van der Waals surface area contributed by atoms with Crippen LogP contribution in [0.25, 0.3) is 17.1 Å².